The van der Waals surface area contributed by atoms with Crippen molar-refractivity contribution in [1.29, 1.82) is 0 Å². The molecule has 5 nitrogen and oxygen atoms in total. The van der Waals surface area contributed by atoms with Crippen LogP contribution in [0.2, 0.25) is 0 Å². The number of aryl methyl sites for hydroxylation is 1. The fraction of sp³-hybridized carbons (Fsp3) is 0.579. The summed E-state index contributed by atoms with van der Waals surface area (Å²) in [6, 6.07) is 7.16. The van der Waals surface area contributed by atoms with Crippen LogP contribution in [0.25, 0.3) is 0 Å². The smallest absolute Gasteiger partial charge is 0.310 e. The molecule has 2 N–H and O–H groups in total. The average molecular weight is 332 g/mol. The third-order valence-corrected chi connectivity index (χ3v) is 4.83. The molecule has 0 bridgehead atoms. The number of hydrogen-bond acceptors (Lipinski definition) is 4. The summed E-state index contributed by atoms with van der Waals surface area (Å²) in [7, 11) is 1.41. The van der Waals surface area contributed by atoms with Crippen LogP contribution in [-0.2, 0) is 9.53 Å². The van der Waals surface area contributed by atoms with E-state index in [9.17, 15) is 9.59 Å². The topological polar surface area (TPSA) is 67.4 Å². The Morgan fingerprint density at radius 1 is 1.25 bits per heavy atom. The molecule has 1 aliphatic rings. The maximum absolute atomic E-state index is 12.4. The van der Waals surface area contributed by atoms with Crippen molar-refractivity contribution in [1.82, 2.24) is 10.6 Å². The molecule has 0 aromatic heterocycles. The third kappa shape index (κ3) is 5.06. The predicted octanol–water partition coefficient (Wildman–Crippen LogP) is 2.29. The Bertz CT molecular complexity index is 550. The summed E-state index contributed by atoms with van der Waals surface area (Å²) in [6.45, 7) is 5.84. The molecule has 24 heavy (non-hydrogen) atoms. The van der Waals surface area contributed by atoms with Gasteiger partial charge < -0.3 is 15.4 Å². The Morgan fingerprint density at radius 2 is 1.88 bits per heavy atom. The van der Waals surface area contributed by atoms with E-state index in [4.69, 9.17) is 4.74 Å². The molecule has 2 rings (SSSR count). The Balaban J connectivity index is 2.00. The van der Waals surface area contributed by atoms with Gasteiger partial charge >= 0.3 is 5.97 Å². The van der Waals surface area contributed by atoms with E-state index in [0.717, 1.165) is 37.9 Å². The summed E-state index contributed by atoms with van der Waals surface area (Å²) in [5.74, 6) is -0.214. The van der Waals surface area contributed by atoms with Gasteiger partial charge in [-0.15, -0.1) is 0 Å². The van der Waals surface area contributed by atoms with Gasteiger partial charge in [-0.25, -0.2) is 0 Å². The lowest BCUT2D eigenvalue weighted by molar-refractivity contribution is -0.147. The highest BCUT2D eigenvalue weighted by Crippen LogP contribution is 2.24. The van der Waals surface area contributed by atoms with Crippen LogP contribution in [0.15, 0.2) is 24.3 Å². The fourth-order valence-electron chi connectivity index (χ4n) is 3.23. The number of rotatable bonds is 6. The van der Waals surface area contributed by atoms with Crippen LogP contribution in [0, 0.1) is 18.8 Å². The van der Waals surface area contributed by atoms with Crippen LogP contribution in [0.1, 0.15) is 42.1 Å². The lowest BCUT2D eigenvalue weighted by atomic mass is 9.84. The molecule has 0 saturated carbocycles. The second kappa shape index (κ2) is 8.83. The largest absolute Gasteiger partial charge is 0.469 e. The van der Waals surface area contributed by atoms with E-state index >= 15 is 0 Å². The van der Waals surface area contributed by atoms with E-state index in [-0.39, 0.29) is 23.8 Å². The van der Waals surface area contributed by atoms with E-state index < -0.39 is 0 Å². The molecule has 0 spiro atoms. The molecule has 1 aromatic rings. The molecular formula is C19H28N2O3. The van der Waals surface area contributed by atoms with Crippen molar-refractivity contribution in [2.24, 2.45) is 11.8 Å². The molecule has 1 heterocycles. The summed E-state index contributed by atoms with van der Waals surface area (Å²) < 4.78 is 4.97. The van der Waals surface area contributed by atoms with Gasteiger partial charge in [0.15, 0.2) is 0 Å². The van der Waals surface area contributed by atoms with Gasteiger partial charge in [0.2, 0.25) is 0 Å². The summed E-state index contributed by atoms with van der Waals surface area (Å²) in [4.78, 5) is 24.6. The zero-order valence-electron chi connectivity index (χ0n) is 14.8. The molecule has 1 amide bonds. The standard InChI is InChI=1S/C19H28N2O3/c1-13-4-6-16(7-5-13)18(22)21-14(2)17(19(23)24-3)12-15-8-10-20-11-9-15/h4-7,14-15,17,20H,8-12H2,1-3H3,(H,21,22)/t14-,17-/m1/s1. The molecule has 0 radical (unpaired) electrons. The molecule has 2 atom stereocenters. The van der Waals surface area contributed by atoms with Gasteiger partial charge in [-0.2, -0.15) is 0 Å². The molecule has 1 fully saturated rings. The van der Waals surface area contributed by atoms with Crippen molar-refractivity contribution in [3.8, 4) is 0 Å². The van der Waals surface area contributed by atoms with Crippen LogP contribution in [0.5, 0.6) is 0 Å². The normalized spacial score (nSPS) is 17.8. The first-order chi connectivity index (χ1) is 11.5. The molecule has 1 saturated heterocycles. The minimum atomic E-state index is -0.313. The summed E-state index contributed by atoms with van der Waals surface area (Å²) >= 11 is 0. The van der Waals surface area contributed by atoms with Crippen LogP contribution < -0.4 is 10.6 Å². The number of piperidine rings is 1. The zero-order chi connectivity index (χ0) is 17.5. The first-order valence-corrected chi connectivity index (χ1v) is 8.67. The quantitative estimate of drug-likeness (QED) is 0.785. The van der Waals surface area contributed by atoms with Gasteiger partial charge in [-0.05, 0) is 64.3 Å². The van der Waals surface area contributed by atoms with Crippen molar-refractivity contribution >= 4 is 11.9 Å². The number of carbonyl (C=O) groups is 2. The van der Waals surface area contributed by atoms with Crippen molar-refractivity contribution in [3.63, 3.8) is 0 Å². The lowest BCUT2D eigenvalue weighted by Crippen LogP contribution is -2.43. The third-order valence-electron chi connectivity index (χ3n) is 4.83. The van der Waals surface area contributed by atoms with E-state index in [1.807, 2.05) is 26.0 Å². The Kier molecular flexibility index (Phi) is 6.79. The number of ether oxygens (including phenoxy) is 1. The Labute approximate surface area is 144 Å². The van der Waals surface area contributed by atoms with Gasteiger partial charge in [0.05, 0.1) is 13.0 Å². The van der Waals surface area contributed by atoms with E-state index in [0.29, 0.717) is 11.5 Å². The first kappa shape index (κ1) is 18.5. The number of esters is 1. The number of hydrogen-bond donors (Lipinski definition) is 2. The maximum atomic E-state index is 12.4. The maximum Gasteiger partial charge on any atom is 0.310 e. The minimum Gasteiger partial charge on any atom is -0.469 e. The van der Waals surface area contributed by atoms with E-state index in [1.165, 1.54) is 7.11 Å². The van der Waals surface area contributed by atoms with Crippen LogP contribution >= 0.6 is 0 Å². The van der Waals surface area contributed by atoms with Crippen LogP contribution in [0.4, 0.5) is 0 Å². The molecule has 1 aliphatic heterocycles. The molecule has 5 heteroatoms. The summed E-state index contributed by atoms with van der Waals surface area (Å²) in [5, 5.41) is 6.30. The lowest BCUT2D eigenvalue weighted by Gasteiger charge is -2.29. The molecule has 0 aliphatic carbocycles. The number of amides is 1. The van der Waals surface area contributed by atoms with Gasteiger partial charge in [0.1, 0.15) is 0 Å². The van der Waals surface area contributed by atoms with Crippen molar-refractivity contribution in [2.45, 2.75) is 39.2 Å². The molecular weight excluding hydrogens is 304 g/mol. The van der Waals surface area contributed by atoms with Crippen LogP contribution in [-0.4, -0.2) is 38.1 Å². The average Bonchev–Trinajstić information content (AvgIpc) is 2.60. The minimum absolute atomic E-state index is 0.151. The van der Waals surface area contributed by atoms with Gasteiger partial charge in [-0.3, -0.25) is 9.59 Å². The number of nitrogens with one attached hydrogen (secondary N) is 2. The van der Waals surface area contributed by atoms with E-state index in [2.05, 4.69) is 10.6 Å². The molecule has 1 aromatic carbocycles. The predicted molar refractivity (Wildman–Crippen MR) is 93.8 cm³/mol. The number of carbonyl (C=O) groups excluding carboxylic acids is 2. The molecule has 132 valence electrons. The highest BCUT2D eigenvalue weighted by atomic mass is 16.5. The van der Waals surface area contributed by atoms with Gasteiger partial charge in [-0.1, -0.05) is 17.7 Å². The number of benzene rings is 1. The van der Waals surface area contributed by atoms with Crippen molar-refractivity contribution in [2.75, 3.05) is 20.2 Å². The zero-order valence-corrected chi connectivity index (χ0v) is 14.8. The summed E-state index contributed by atoms with van der Waals surface area (Å²) in [6.07, 6.45) is 2.88. The summed E-state index contributed by atoms with van der Waals surface area (Å²) in [5.41, 5.74) is 1.72. The van der Waals surface area contributed by atoms with Crippen LogP contribution in [0.3, 0.4) is 0 Å². The SMILES string of the molecule is COC(=O)[C@H](CC1CCNCC1)[C@@H](C)NC(=O)c1ccc(C)cc1. The Hall–Kier alpha value is -1.88. The molecule has 0 unspecified atom stereocenters. The highest BCUT2D eigenvalue weighted by molar-refractivity contribution is 5.94. The fourth-order valence-corrected chi connectivity index (χ4v) is 3.23. The monoisotopic (exact) mass is 332 g/mol. The second-order valence-electron chi connectivity index (χ2n) is 6.69. The first-order valence-electron chi connectivity index (χ1n) is 8.67. The van der Waals surface area contributed by atoms with Gasteiger partial charge in [0.25, 0.3) is 5.91 Å². The number of methoxy groups -OCH3 is 1. The van der Waals surface area contributed by atoms with Gasteiger partial charge in [0, 0.05) is 11.6 Å². The highest BCUT2D eigenvalue weighted by Gasteiger charge is 2.30. The van der Waals surface area contributed by atoms with Crippen molar-refractivity contribution < 1.29 is 14.3 Å². The second-order valence-corrected chi connectivity index (χ2v) is 6.69. The van der Waals surface area contributed by atoms with E-state index in [1.54, 1.807) is 12.1 Å². The Morgan fingerprint density at radius 3 is 2.46 bits per heavy atom. The van der Waals surface area contributed by atoms with Crippen molar-refractivity contribution in [3.05, 3.63) is 35.4 Å².